The predicted molar refractivity (Wildman–Crippen MR) is 62.9 cm³/mol. The first-order valence-corrected chi connectivity index (χ1v) is 6.10. The molecule has 14 heavy (non-hydrogen) atoms. The normalized spacial score (nSPS) is 10.9. The smallest absolute Gasteiger partial charge is 0.0720 e. The van der Waals surface area contributed by atoms with Gasteiger partial charge >= 0.3 is 0 Å². The summed E-state index contributed by atoms with van der Waals surface area (Å²) in [6.45, 7) is 6.96. The summed E-state index contributed by atoms with van der Waals surface area (Å²) in [5.41, 5.74) is 2.57. The molecule has 0 saturated heterocycles. The van der Waals surface area contributed by atoms with Gasteiger partial charge in [0.15, 0.2) is 0 Å². The molecule has 0 fully saturated rings. The van der Waals surface area contributed by atoms with Gasteiger partial charge in [0.1, 0.15) is 0 Å². The third kappa shape index (κ3) is 3.72. The fourth-order valence-electron chi connectivity index (χ4n) is 1.29. The van der Waals surface area contributed by atoms with E-state index in [1.165, 1.54) is 16.0 Å². The highest BCUT2D eigenvalue weighted by atomic mass is 32.2. The second kappa shape index (κ2) is 5.42. The van der Waals surface area contributed by atoms with E-state index in [2.05, 4.69) is 45.2 Å². The van der Waals surface area contributed by atoms with Crippen LogP contribution >= 0.6 is 11.8 Å². The second-order valence-electron chi connectivity index (χ2n) is 3.72. The van der Waals surface area contributed by atoms with Crippen LogP contribution in [0.15, 0.2) is 23.1 Å². The fraction of sp³-hybridized carbons (Fsp3) is 0.500. The molecule has 0 radical (unpaired) electrons. The van der Waals surface area contributed by atoms with Crippen LogP contribution in [0.25, 0.3) is 0 Å². The minimum atomic E-state index is 0.299. The van der Waals surface area contributed by atoms with Gasteiger partial charge in [0, 0.05) is 4.90 Å². The average molecular weight is 210 g/mol. The van der Waals surface area contributed by atoms with Crippen LogP contribution in [0.4, 0.5) is 0 Å². The minimum absolute atomic E-state index is 0.299. The van der Waals surface area contributed by atoms with E-state index in [0.717, 1.165) is 0 Å². The Morgan fingerprint density at radius 1 is 1.29 bits per heavy atom. The van der Waals surface area contributed by atoms with Crippen molar-refractivity contribution >= 4 is 11.8 Å². The Labute approximate surface area is 90.9 Å². The van der Waals surface area contributed by atoms with Gasteiger partial charge in [-0.1, -0.05) is 6.07 Å². The van der Waals surface area contributed by atoms with Crippen molar-refractivity contribution in [2.24, 2.45) is 0 Å². The van der Waals surface area contributed by atoms with E-state index in [4.69, 9.17) is 4.74 Å². The van der Waals surface area contributed by atoms with Crippen molar-refractivity contribution in [3.05, 3.63) is 29.3 Å². The molecule has 0 spiro atoms. The number of aryl methyl sites for hydroxylation is 1. The minimum Gasteiger partial charge on any atom is -0.374 e. The van der Waals surface area contributed by atoms with Crippen molar-refractivity contribution in [1.82, 2.24) is 0 Å². The highest BCUT2D eigenvalue weighted by Crippen LogP contribution is 2.19. The summed E-state index contributed by atoms with van der Waals surface area (Å²) in [4.78, 5) is 1.31. The summed E-state index contributed by atoms with van der Waals surface area (Å²) in [5, 5.41) is 0. The van der Waals surface area contributed by atoms with E-state index < -0.39 is 0 Å². The summed E-state index contributed by atoms with van der Waals surface area (Å²) >= 11 is 1.78. The summed E-state index contributed by atoms with van der Waals surface area (Å²) < 4.78 is 5.57. The molecule has 2 heteroatoms. The molecule has 0 aliphatic carbocycles. The van der Waals surface area contributed by atoms with Crippen molar-refractivity contribution in [2.45, 2.75) is 38.4 Å². The Kier molecular flexibility index (Phi) is 4.49. The van der Waals surface area contributed by atoms with Gasteiger partial charge in [0.25, 0.3) is 0 Å². The second-order valence-corrected chi connectivity index (χ2v) is 4.60. The maximum Gasteiger partial charge on any atom is 0.0720 e. The quantitative estimate of drug-likeness (QED) is 0.702. The third-order valence-electron chi connectivity index (χ3n) is 1.93. The topological polar surface area (TPSA) is 9.23 Å². The Balaban J connectivity index is 2.71. The van der Waals surface area contributed by atoms with Crippen molar-refractivity contribution in [3.8, 4) is 0 Å². The first-order valence-electron chi connectivity index (χ1n) is 4.88. The van der Waals surface area contributed by atoms with Crippen LogP contribution in [0, 0.1) is 6.92 Å². The van der Waals surface area contributed by atoms with Gasteiger partial charge < -0.3 is 4.74 Å². The fourth-order valence-corrected chi connectivity index (χ4v) is 1.86. The number of ether oxygens (including phenoxy) is 1. The zero-order chi connectivity index (χ0) is 10.6. The largest absolute Gasteiger partial charge is 0.374 e. The van der Waals surface area contributed by atoms with Gasteiger partial charge in [0.2, 0.25) is 0 Å². The van der Waals surface area contributed by atoms with E-state index in [0.29, 0.717) is 12.7 Å². The first-order chi connectivity index (χ1) is 6.61. The third-order valence-corrected chi connectivity index (χ3v) is 2.64. The van der Waals surface area contributed by atoms with Gasteiger partial charge in [-0.15, -0.1) is 11.8 Å². The van der Waals surface area contributed by atoms with Crippen molar-refractivity contribution in [2.75, 3.05) is 6.26 Å². The highest BCUT2D eigenvalue weighted by Gasteiger charge is 1.99. The zero-order valence-electron chi connectivity index (χ0n) is 9.33. The lowest BCUT2D eigenvalue weighted by Crippen LogP contribution is -2.02. The Morgan fingerprint density at radius 3 is 2.57 bits per heavy atom. The van der Waals surface area contributed by atoms with Crippen molar-refractivity contribution < 1.29 is 4.74 Å². The first kappa shape index (κ1) is 11.6. The van der Waals surface area contributed by atoms with Crippen LogP contribution in [-0.4, -0.2) is 12.4 Å². The van der Waals surface area contributed by atoms with E-state index in [-0.39, 0.29) is 0 Å². The van der Waals surface area contributed by atoms with Gasteiger partial charge in [-0.2, -0.15) is 0 Å². The highest BCUT2D eigenvalue weighted by molar-refractivity contribution is 7.98. The SMILES string of the molecule is CSc1cc(C)cc(COC(C)C)c1. The monoisotopic (exact) mass is 210 g/mol. The Bertz CT molecular complexity index is 294. The molecular formula is C12H18OS. The molecule has 78 valence electrons. The van der Waals surface area contributed by atoms with Crippen LogP contribution in [0.1, 0.15) is 25.0 Å². The summed E-state index contributed by atoms with van der Waals surface area (Å²) in [5.74, 6) is 0. The molecule has 0 unspecified atom stereocenters. The number of benzene rings is 1. The molecule has 1 rings (SSSR count). The van der Waals surface area contributed by atoms with Crippen molar-refractivity contribution in [3.63, 3.8) is 0 Å². The van der Waals surface area contributed by atoms with E-state index in [9.17, 15) is 0 Å². The molecule has 0 aliphatic heterocycles. The zero-order valence-corrected chi connectivity index (χ0v) is 10.1. The van der Waals surface area contributed by atoms with E-state index in [1.54, 1.807) is 11.8 Å². The molecule has 0 N–H and O–H groups in total. The molecule has 1 aromatic rings. The molecule has 0 atom stereocenters. The van der Waals surface area contributed by atoms with Crippen molar-refractivity contribution in [1.29, 1.82) is 0 Å². The Morgan fingerprint density at radius 2 is 2.00 bits per heavy atom. The lowest BCUT2D eigenvalue weighted by molar-refractivity contribution is 0.0656. The van der Waals surface area contributed by atoms with Crippen LogP contribution in [0.5, 0.6) is 0 Å². The molecule has 1 aromatic carbocycles. The summed E-state index contributed by atoms with van der Waals surface area (Å²) in [6, 6.07) is 6.58. The van der Waals surface area contributed by atoms with Gasteiger partial charge in [0.05, 0.1) is 12.7 Å². The molecule has 0 saturated carbocycles. The average Bonchev–Trinajstić information content (AvgIpc) is 2.14. The van der Waals surface area contributed by atoms with Crippen LogP contribution in [0.2, 0.25) is 0 Å². The molecule has 1 nitrogen and oxygen atoms in total. The van der Waals surface area contributed by atoms with Crippen LogP contribution in [0.3, 0.4) is 0 Å². The predicted octanol–water partition coefficient (Wildman–Crippen LogP) is 3.64. The molecule has 0 aromatic heterocycles. The van der Waals surface area contributed by atoms with Crippen LogP contribution in [-0.2, 0) is 11.3 Å². The van der Waals surface area contributed by atoms with Crippen LogP contribution < -0.4 is 0 Å². The molecule has 0 bridgehead atoms. The standard InChI is InChI=1S/C12H18OS/c1-9(2)13-8-11-5-10(3)6-12(7-11)14-4/h5-7,9H,8H2,1-4H3. The number of hydrogen-bond acceptors (Lipinski definition) is 2. The van der Waals surface area contributed by atoms with E-state index >= 15 is 0 Å². The lowest BCUT2D eigenvalue weighted by atomic mass is 10.1. The van der Waals surface area contributed by atoms with Gasteiger partial charge in [-0.25, -0.2) is 0 Å². The maximum atomic E-state index is 5.57. The maximum absolute atomic E-state index is 5.57. The number of thioether (sulfide) groups is 1. The molecule has 0 amide bonds. The lowest BCUT2D eigenvalue weighted by Gasteiger charge is -2.09. The van der Waals surface area contributed by atoms with Gasteiger partial charge in [-0.05, 0) is 50.3 Å². The Hall–Kier alpha value is -0.470. The summed E-state index contributed by atoms with van der Waals surface area (Å²) in [7, 11) is 0. The molecule has 0 aliphatic rings. The molecular weight excluding hydrogens is 192 g/mol. The summed E-state index contributed by atoms with van der Waals surface area (Å²) in [6.07, 6.45) is 2.40. The number of hydrogen-bond donors (Lipinski definition) is 0. The van der Waals surface area contributed by atoms with Gasteiger partial charge in [-0.3, -0.25) is 0 Å². The van der Waals surface area contributed by atoms with E-state index in [1.807, 2.05) is 0 Å². The molecule has 0 heterocycles. The number of rotatable bonds is 4.